The quantitative estimate of drug-likeness (QED) is 0.818. The molecule has 2 heterocycles. The summed E-state index contributed by atoms with van der Waals surface area (Å²) >= 11 is 0. The molecule has 1 unspecified atom stereocenters. The number of rotatable bonds is 4. The fourth-order valence-corrected chi connectivity index (χ4v) is 2.39. The molecule has 0 spiro atoms. The number of nitrogens with zero attached hydrogens (tertiary/aromatic N) is 3. The summed E-state index contributed by atoms with van der Waals surface area (Å²) in [6, 6.07) is 1.56. The lowest BCUT2D eigenvalue weighted by Gasteiger charge is -2.35. The number of piperazine rings is 1. The monoisotopic (exact) mass is 278 g/mol. The number of nitrogens with two attached hydrogens (primary N) is 1. The van der Waals surface area contributed by atoms with Gasteiger partial charge in [0.05, 0.1) is 11.8 Å². The molecule has 3 N–H and O–H groups in total. The minimum atomic E-state index is -0.128. The summed E-state index contributed by atoms with van der Waals surface area (Å²) in [4.78, 5) is 20.2. The Labute approximate surface area is 119 Å². The lowest BCUT2D eigenvalue weighted by Crippen LogP contribution is -2.50. The molecule has 110 valence electrons. The molecule has 0 radical (unpaired) electrons. The molecule has 0 bridgehead atoms. The largest absolute Gasteiger partial charge is 0.505 e. The maximum absolute atomic E-state index is 12.3. The van der Waals surface area contributed by atoms with Crippen molar-refractivity contribution in [3.05, 3.63) is 24.0 Å². The Morgan fingerprint density at radius 3 is 2.75 bits per heavy atom. The van der Waals surface area contributed by atoms with Crippen molar-refractivity contribution in [3.63, 3.8) is 0 Å². The summed E-state index contributed by atoms with van der Waals surface area (Å²) in [7, 11) is 0. The Morgan fingerprint density at radius 1 is 1.45 bits per heavy atom. The lowest BCUT2D eigenvalue weighted by molar-refractivity contribution is 0.0619. The van der Waals surface area contributed by atoms with E-state index in [-0.39, 0.29) is 11.7 Å². The average molecular weight is 278 g/mol. The summed E-state index contributed by atoms with van der Waals surface area (Å²) < 4.78 is 0. The first-order chi connectivity index (χ1) is 9.61. The van der Waals surface area contributed by atoms with Gasteiger partial charge in [-0.2, -0.15) is 0 Å². The number of carbonyl (C=O) groups excluding carboxylic acids is 1. The van der Waals surface area contributed by atoms with E-state index in [1.807, 2.05) is 0 Å². The molecule has 1 aliphatic rings. The number of carbonyl (C=O) groups is 1. The maximum atomic E-state index is 12.3. The van der Waals surface area contributed by atoms with Gasteiger partial charge in [0.1, 0.15) is 5.75 Å². The van der Waals surface area contributed by atoms with E-state index in [0.717, 1.165) is 19.6 Å². The predicted molar refractivity (Wildman–Crippen MR) is 76.5 cm³/mol. The Kier molecular flexibility index (Phi) is 4.92. The molecule has 1 aliphatic heterocycles. The van der Waals surface area contributed by atoms with Crippen molar-refractivity contribution in [2.45, 2.75) is 6.92 Å². The van der Waals surface area contributed by atoms with Crippen LogP contribution in [0.15, 0.2) is 18.5 Å². The van der Waals surface area contributed by atoms with Gasteiger partial charge in [-0.05, 0) is 18.5 Å². The van der Waals surface area contributed by atoms with E-state index >= 15 is 0 Å². The topological polar surface area (TPSA) is 82.7 Å². The van der Waals surface area contributed by atoms with Gasteiger partial charge in [0.2, 0.25) is 0 Å². The molecular weight excluding hydrogens is 256 g/mol. The van der Waals surface area contributed by atoms with E-state index in [1.165, 1.54) is 12.4 Å². The van der Waals surface area contributed by atoms with Crippen LogP contribution in [-0.4, -0.2) is 65.1 Å². The van der Waals surface area contributed by atoms with E-state index in [0.29, 0.717) is 31.1 Å². The Balaban J connectivity index is 1.91. The zero-order valence-corrected chi connectivity index (χ0v) is 11.8. The highest BCUT2D eigenvalue weighted by Crippen LogP contribution is 2.17. The van der Waals surface area contributed by atoms with Crippen molar-refractivity contribution < 1.29 is 9.90 Å². The minimum Gasteiger partial charge on any atom is -0.505 e. The number of aromatic hydroxyl groups is 1. The van der Waals surface area contributed by atoms with Crippen molar-refractivity contribution in [1.29, 1.82) is 0 Å². The third-order valence-electron chi connectivity index (χ3n) is 3.66. The number of aromatic nitrogens is 1. The number of pyridine rings is 1. The van der Waals surface area contributed by atoms with E-state index in [2.05, 4.69) is 16.8 Å². The van der Waals surface area contributed by atoms with Crippen molar-refractivity contribution in [2.75, 3.05) is 39.3 Å². The maximum Gasteiger partial charge on any atom is 0.257 e. The molecule has 2 rings (SSSR count). The van der Waals surface area contributed by atoms with E-state index in [9.17, 15) is 9.90 Å². The molecule has 1 saturated heterocycles. The smallest absolute Gasteiger partial charge is 0.257 e. The molecule has 1 aromatic rings. The Bertz CT molecular complexity index is 458. The molecule has 0 saturated carbocycles. The van der Waals surface area contributed by atoms with Crippen molar-refractivity contribution in [1.82, 2.24) is 14.8 Å². The highest BCUT2D eigenvalue weighted by molar-refractivity contribution is 5.96. The van der Waals surface area contributed by atoms with Gasteiger partial charge in [0.25, 0.3) is 5.91 Å². The van der Waals surface area contributed by atoms with Crippen LogP contribution in [0.1, 0.15) is 17.3 Å². The van der Waals surface area contributed by atoms with E-state index in [4.69, 9.17) is 5.73 Å². The van der Waals surface area contributed by atoms with Gasteiger partial charge in [-0.15, -0.1) is 0 Å². The normalized spacial score (nSPS) is 18.0. The van der Waals surface area contributed by atoms with Gasteiger partial charge in [0, 0.05) is 38.9 Å². The molecule has 0 aromatic carbocycles. The predicted octanol–water partition coefficient (Wildman–Crippen LogP) is 0.140. The van der Waals surface area contributed by atoms with Gasteiger partial charge in [-0.25, -0.2) is 0 Å². The van der Waals surface area contributed by atoms with Gasteiger partial charge in [-0.3, -0.25) is 14.7 Å². The lowest BCUT2D eigenvalue weighted by atomic mass is 10.1. The van der Waals surface area contributed by atoms with Gasteiger partial charge >= 0.3 is 0 Å². The Morgan fingerprint density at radius 2 is 2.15 bits per heavy atom. The first-order valence-corrected chi connectivity index (χ1v) is 6.96. The molecule has 1 atom stereocenters. The number of amides is 1. The number of hydrogen-bond acceptors (Lipinski definition) is 5. The summed E-state index contributed by atoms with van der Waals surface area (Å²) in [6.45, 7) is 6.84. The molecule has 1 fully saturated rings. The standard InChI is InChI=1S/C14H22N4O2/c1-11(8-15)10-17-4-6-18(7-5-17)14(20)12-2-3-16-9-13(12)19/h2-3,9,11,19H,4-8,10,15H2,1H3. The van der Waals surface area contributed by atoms with Crippen LogP contribution in [0.5, 0.6) is 5.75 Å². The van der Waals surface area contributed by atoms with Crippen LogP contribution >= 0.6 is 0 Å². The van der Waals surface area contributed by atoms with Crippen molar-refractivity contribution >= 4 is 5.91 Å². The van der Waals surface area contributed by atoms with Crippen LogP contribution < -0.4 is 5.73 Å². The Hall–Kier alpha value is -1.66. The van der Waals surface area contributed by atoms with Crippen LogP contribution in [0.3, 0.4) is 0 Å². The molecule has 1 amide bonds. The highest BCUT2D eigenvalue weighted by atomic mass is 16.3. The van der Waals surface area contributed by atoms with Crippen molar-refractivity contribution in [3.8, 4) is 5.75 Å². The summed E-state index contributed by atoms with van der Waals surface area (Å²) in [6.07, 6.45) is 2.82. The third kappa shape index (κ3) is 3.46. The van der Waals surface area contributed by atoms with Gasteiger partial charge < -0.3 is 15.7 Å². The SMILES string of the molecule is CC(CN)CN1CCN(C(=O)c2ccncc2O)CC1. The molecule has 1 aromatic heterocycles. The summed E-state index contributed by atoms with van der Waals surface area (Å²) in [5.74, 6) is 0.287. The second-order valence-corrected chi connectivity index (χ2v) is 5.33. The van der Waals surface area contributed by atoms with Crippen LogP contribution in [0.4, 0.5) is 0 Å². The summed E-state index contributed by atoms with van der Waals surface area (Å²) in [5, 5.41) is 9.68. The number of hydrogen-bond donors (Lipinski definition) is 2. The first kappa shape index (κ1) is 14.7. The van der Waals surface area contributed by atoms with E-state index in [1.54, 1.807) is 11.0 Å². The average Bonchev–Trinajstić information content (AvgIpc) is 2.47. The molecule has 20 heavy (non-hydrogen) atoms. The molecular formula is C14H22N4O2. The van der Waals surface area contributed by atoms with Crippen LogP contribution in [0.2, 0.25) is 0 Å². The molecule has 6 nitrogen and oxygen atoms in total. The van der Waals surface area contributed by atoms with Gasteiger partial charge in [-0.1, -0.05) is 6.92 Å². The zero-order valence-electron chi connectivity index (χ0n) is 11.8. The highest BCUT2D eigenvalue weighted by Gasteiger charge is 2.24. The zero-order chi connectivity index (χ0) is 14.5. The van der Waals surface area contributed by atoms with Crippen LogP contribution in [0, 0.1) is 5.92 Å². The van der Waals surface area contributed by atoms with Crippen LogP contribution in [0.25, 0.3) is 0 Å². The first-order valence-electron chi connectivity index (χ1n) is 6.96. The minimum absolute atomic E-state index is 0.0586. The second kappa shape index (κ2) is 6.67. The third-order valence-corrected chi connectivity index (χ3v) is 3.66. The van der Waals surface area contributed by atoms with Crippen molar-refractivity contribution in [2.24, 2.45) is 11.7 Å². The van der Waals surface area contributed by atoms with Crippen LogP contribution in [-0.2, 0) is 0 Å². The summed E-state index contributed by atoms with van der Waals surface area (Å²) in [5.41, 5.74) is 5.96. The molecule has 6 heteroatoms. The fourth-order valence-electron chi connectivity index (χ4n) is 2.39. The molecule has 0 aliphatic carbocycles. The second-order valence-electron chi connectivity index (χ2n) is 5.33. The van der Waals surface area contributed by atoms with E-state index < -0.39 is 0 Å². The fraction of sp³-hybridized carbons (Fsp3) is 0.571. The van der Waals surface area contributed by atoms with Gasteiger partial charge in [0.15, 0.2) is 0 Å².